The Morgan fingerprint density at radius 3 is 2.50 bits per heavy atom. The number of rotatable bonds is 6. The molecule has 0 bridgehead atoms. The van der Waals surface area contributed by atoms with E-state index in [1.807, 2.05) is 0 Å². The van der Waals surface area contributed by atoms with Gasteiger partial charge in [0.1, 0.15) is 11.7 Å². The van der Waals surface area contributed by atoms with Gasteiger partial charge >= 0.3 is 0 Å². The van der Waals surface area contributed by atoms with Gasteiger partial charge in [0.15, 0.2) is 16.6 Å². The molecule has 9 nitrogen and oxygen atoms in total. The number of thiazole rings is 1. The maximum absolute atomic E-state index is 12.1. The zero-order valence-electron chi connectivity index (χ0n) is 13.2. The number of aromatic nitrogens is 3. The van der Waals surface area contributed by atoms with Crippen LogP contribution in [0.2, 0.25) is 0 Å². The molecule has 0 radical (unpaired) electrons. The van der Waals surface area contributed by atoms with Gasteiger partial charge in [0.05, 0.1) is 7.11 Å². The molecule has 0 aliphatic carbocycles. The lowest BCUT2D eigenvalue weighted by Crippen LogP contribution is -2.41. The summed E-state index contributed by atoms with van der Waals surface area (Å²) in [6.07, 6.45) is 0. The molecular weight excluding hydrogens is 334 g/mol. The van der Waals surface area contributed by atoms with Gasteiger partial charge in [-0.15, -0.1) is 21.5 Å². The average molecular weight is 349 g/mol. The molecule has 0 aliphatic heterocycles. The van der Waals surface area contributed by atoms with Crippen molar-refractivity contribution in [3.8, 4) is 5.88 Å². The molecule has 0 fully saturated rings. The largest absolute Gasteiger partial charge is 0.480 e. The predicted molar refractivity (Wildman–Crippen MR) is 86.3 cm³/mol. The molecule has 0 unspecified atom stereocenters. The van der Waals surface area contributed by atoms with E-state index in [9.17, 15) is 14.4 Å². The zero-order chi connectivity index (χ0) is 17.7. The summed E-state index contributed by atoms with van der Waals surface area (Å²) < 4.78 is 4.85. The van der Waals surface area contributed by atoms with Crippen LogP contribution in [0.1, 0.15) is 34.8 Å². The highest BCUT2D eigenvalue weighted by Gasteiger charge is 2.19. The second-order valence-electron chi connectivity index (χ2n) is 4.74. The van der Waals surface area contributed by atoms with Gasteiger partial charge in [-0.3, -0.25) is 14.4 Å². The fraction of sp³-hybridized carbons (Fsp3) is 0.286. The predicted octanol–water partition coefficient (Wildman–Crippen LogP) is 0.901. The van der Waals surface area contributed by atoms with Crippen molar-refractivity contribution in [2.75, 3.05) is 12.4 Å². The molecule has 126 valence electrons. The summed E-state index contributed by atoms with van der Waals surface area (Å²) in [4.78, 5) is 39.2. The first kappa shape index (κ1) is 17.5. The van der Waals surface area contributed by atoms with E-state index >= 15 is 0 Å². The third-order valence-corrected chi connectivity index (χ3v) is 3.68. The van der Waals surface area contributed by atoms with Gasteiger partial charge in [-0.2, -0.15) is 0 Å². The van der Waals surface area contributed by atoms with E-state index in [1.165, 1.54) is 33.1 Å². The zero-order valence-corrected chi connectivity index (χ0v) is 14.0. The number of methoxy groups -OCH3 is 1. The Labute approximate surface area is 141 Å². The maximum atomic E-state index is 12.1. The van der Waals surface area contributed by atoms with Crippen LogP contribution in [-0.4, -0.2) is 45.9 Å². The van der Waals surface area contributed by atoms with E-state index in [2.05, 4.69) is 25.8 Å². The number of ether oxygens (including phenoxy) is 1. The molecule has 0 aromatic carbocycles. The van der Waals surface area contributed by atoms with Crippen LogP contribution in [0.3, 0.4) is 0 Å². The van der Waals surface area contributed by atoms with Gasteiger partial charge in [-0.1, -0.05) is 0 Å². The van der Waals surface area contributed by atoms with Crippen LogP contribution in [0.25, 0.3) is 0 Å². The van der Waals surface area contributed by atoms with Crippen LogP contribution in [0.15, 0.2) is 17.5 Å². The normalized spacial score (nSPS) is 11.5. The Morgan fingerprint density at radius 2 is 1.96 bits per heavy atom. The van der Waals surface area contributed by atoms with Crippen LogP contribution in [0.5, 0.6) is 5.88 Å². The highest BCUT2D eigenvalue weighted by atomic mass is 32.1. The van der Waals surface area contributed by atoms with Crippen molar-refractivity contribution in [3.05, 3.63) is 28.9 Å². The topological polar surface area (TPSA) is 123 Å². The molecule has 2 amide bonds. The summed E-state index contributed by atoms with van der Waals surface area (Å²) in [6.45, 7) is 2.91. The molecule has 2 aromatic rings. The summed E-state index contributed by atoms with van der Waals surface area (Å²) in [6, 6.07) is 2.10. The van der Waals surface area contributed by atoms with Gasteiger partial charge in [0.2, 0.25) is 11.8 Å². The number of Topliss-reactive ketones (excluding diaryl/α,β-unsaturated/α-hetero) is 1. The standard InChI is InChI=1S/C14H15N5O4S/c1-7(12(21)17-14-16-10(6-24-14)8(2)20)15-13(22)9-4-5-11(23-3)19-18-9/h4-7H,1-3H3,(H,15,22)(H,16,17,21)/t7-/m1/s1. The molecule has 2 rings (SSSR count). The van der Waals surface area contributed by atoms with Crippen LogP contribution in [0, 0.1) is 0 Å². The van der Waals surface area contributed by atoms with Gasteiger partial charge in [0, 0.05) is 18.4 Å². The number of carbonyl (C=O) groups is 3. The Balaban J connectivity index is 1.94. The number of anilines is 1. The molecule has 0 spiro atoms. The second kappa shape index (κ2) is 7.59. The number of ketones is 1. The fourth-order valence-corrected chi connectivity index (χ4v) is 2.35. The Bertz CT molecular complexity index is 759. The first-order valence-electron chi connectivity index (χ1n) is 6.86. The van der Waals surface area contributed by atoms with E-state index in [0.717, 1.165) is 11.3 Å². The van der Waals surface area contributed by atoms with Crippen LogP contribution < -0.4 is 15.4 Å². The van der Waals surface area contributed by atoms with E-state index in [0.29, 0.717) is 0 Å². The Kier molecular flexibility index (Phi) is 5.53. The van der Waals surface area contributed by atoms with Crippen molar-refractivity contribution in [2.45, 2.75) is 19.9 Å². The van der Waals surface area contributed by atoms with E-state index in [4.69, 9.17) is 4.74 Å². The molecule has 0 saturated carbocycles. The first-order valence-corrected chi connectivity index (χ1v) is 7.74. The number of carbonyl (C=O) groups excluding carboxylic acids is 3. The number of hydrogen-bond donors (Lipinski definition) is 2. The lowest BCUT2D eigenvalue weighted by Gasteiger charge is -2.12. The monoisotopic (exact) mass is 349 g/mol. The molecule has 1 atom stereocenters. The van der Waals surface area contributed by atoms with Crippen LogP contribution in [0.4, 0.5) is 5.13 Å². The van der Waals surface area contributed by atoms with Crippen molar-refractivity contribution >= 4 is 34.1 Å². The quantitative estimate of drug-likeness (QED) is 0.743. The fourth-order valence-electron chi connectivity index (χ4n) is 1.59. The Morgan fingerprint density at radius 1 is 1.21 bits per heavy atom. The SMILES string of the molecule is COc1ccc(C(=O)N[C@H](C)C(=O)Nc2nc(C(C)=O)cs2)nn1. The summed E-state index contributed by atoms with van der Waals surface area (Å²) in [7, 11) is 1.44. The third-order valence-electron chi connectivity index (χ3n) is 2.92. The first-order chi connectivity index (χ1) is 11.4. The second-order valence-corrected chi connectivity index (χ2v) is 5.60. The molecule has 0 aliphatic rings. The minimum absolute atomic E-state index is 0.0589. The number of amides is 2. The van der Waals surface area contributed by atoms with Crippen LogP contribution >= 0.6 is 11.3 Å². The highest BCUT2D eigenvalue weighted by Crippen LogP contribution is 2.15. The summed E-state index contributed by atoms with van der Waals surface area (Å²) in [5.41, 5.74) is 0.337. The molecular formula is C14H15N5O4S. The van der Waals surface area contributed by atoms with Gasteiger partial charge in [-0.25, -0.2) is 4.98 Å². The maximum Gasteiger partial charge on any atom is 0.272 e. The molecule has 2 aromatic heterocycles. The van der Waals surface area contributed by atoms with Gasteiger partial charge in [-0.05, 0) is 13.0 Å². The molecule has 2 heterocycles. The van der Waals surface area contributed by atoms with Crippen molar-refractivity contribution < 1.29 is 19.1 Å². The van der Waals surface area contributed by atoms with E-state index in [1.54, 1.807) is 5.38 Å². The van der Waals surface area contributed by atoms with Gasteiger partial charge < -0.3 is 15.4 Å². The van der Waals surface area contributed by atoms with Gasteiger partial charge in [0.25, 0.3) is 5.91 Å². The van der Waals surface area contributed by atoms with Crippen molar-refractivity contribution in [1.82, 2.24) is 20.5 Å². The molecule has 2 N–H and O–H groups in total. The lowest BCUT2D eigenvalue weighted by molar-refractivity contribution is -0.117. The Hall–Kier alpha value is -2.88. The molecule has 10 heteroatoms. The van der Waals surface area contributed by atoms with Crippen molar-refractivity contribution in [1.29, 1.82) is 0 Å². The van der Waals surface area contributed by atoms with Crippen LogP contribution in [-0.2, 0) is 4.79 Å². The highest BCUT2D eigenvalue weighted by molar-refractivity contribution is 7.14. The number of nitrogens with zero attached hydrogens (tertiary/aromatic N) is 3. The smallest absolute Gasteiger partial charge is 0.272 e. The van der Waals surface area contributed by atoms with E-state index in [-0.39, 0.29) is 28.2 Å². The third kappa shape index (κ3) is 4.32. The number of hydrogen-bond acceptors (Lipinski definition) is 8. The molecule has 24 heavy (non-hydrogen) atoms. The number of nitrogens with one attached hydrogen (secondary N) is 2. The van der Waals surface area contributed by atoms with E-state index < -0.39 is 17.9 Å². The van der Waals surface area contributed by atoms with Crippen molar-refractivity contribution in [3.63, 3.8) is 0 Å². The minimum Gasteiger partial charge on any atom is -0.480 e. The molecule has 0 saturated heterocycles. The minimum atomic E-state index is -0.828. The lowest BCUT2D eigenvalue weighted by atomic mass is 10.3. The van der Waals surface area contributed by atoms with Crippen molar-refractivity contribution in [2.24, 2.45) is 0 Å². The average Bonchev–Trinajstić information content (AvgIpc) is 3.03. The summed E-state index contributed by atoms with van der Waals surface area (Å²) in [5.74, 6) is -0.917. The summed E-state index contributed by atoms with van der Waals surface area (Å²) >= 11 is 1.13. The summed E-state index contributed by atoms with van der Waals surface area (Å²) in [5, 5.41) is 14.3.